The van der Waals surface area contributed by atoms with Crippen molar-refractivity contribution < 1.29 is 4.79 Å². The molecule has 0 saturated carbocycles. The summed E-state index contributed by atoms with van der Waals surface area (Å²) in [5.41, 5.74) is 9.63. The lowest BCUT2D eigenvalue weighted by Gasteiger charge is -2.19. The Hall–Kier alpha value is -2.34. The van der Waals surface area contributed by atoms with E-state index >= 15 is 0 Å². The van der Waals surface area contributed by atoms with Crippen molar-refractivity contribution in [3.05, 3.63) is 41.7 Å². The molecule has 1 amide bonds. The number of rotatable bonds is 3. The van der Waals surface area contributed by atoms with Crippen molar-refractivity contribution in [3.63, 3.8) is 0 Å². The maximum absolute atomic E-state index is 11.5. The highest BCUT2D eigenvalue weighted by molar-refractivity contribution is 6.02. The van der Waals surface area contributed by atoms with Gasteiger partial charge in [0.25, 0.3) is 0 Å². The van der Waals surface area contributed by atoms with Crippen molar-refractivity contribution >= 4 is 17.3 Å². The minimum Gasteiger partial charge on any atom is -0.370 e. The quantitative estimate of drug-likeness (QED) is 0.873. The summed E-state index contributed by atoms with van der Waals surface area (Å²) in [4.78, 5) is 13.6. The van der Waals surface area contributed by atoms with Gasteiger partial charge in [-0.3, -0.25) is 9.48 Å². The third kappa shape index (κ3) is 2.14. The molecule has 2 aromatic rings. The smallest absolute Gasteiger partial charge is 0.245 e. The molecular weight excluding hydrogens is 254 g/mol. The van der Waals surface area contributed by atoms with Gasteiger partial charge >= 0.3 is 0 Å². The number of carbonyl (C=O) groups is 1. The summed E-state index contributed by atoms with van der Waals surface area (Å²) < 4.78 is 1.78. The zero-order valence-corrected chi connectivity index (χ0v) is 11.5. The van der Waals surface area contributed by atoms with Gasteiger partial charge in [0.15, 0.2) is 0 Å². The van der Waals surface area contributed by atoms with Crippen LogP contribution in [0.2, 0.25) is 0 Å². The van der Waals surface area contributed by atoms with Gasteiger partial charge in [-0.1, -0.05) is 6.07 Å². The van der Waals surface area contributed by atoms with Crippen LogP contribution in [-0.2, 0) is 18.4 Å². The number of nitrogens with one attached hydrogen (secondary N) is 1. The summed E-state index contributed by atoms with van der Waals surface area (Å²) in [6.45, 7) is 0.757. The van der Waals surface area contributed by atoms with Gasteiger partial charge in [0.2, 0.25) is 5.91 Å². The number of nitrogens with zero attached hydrogens (tertiary/aromatic N) is 3. The van der Waals surface area contributed by atoms with Gasteiger partial charge in [-0.05, 0) is 12.1 Å². The highest BCUT2D eigenvalue weighted by atomic mass is 16.2. The number of fused-ring (bicyclic) bond motifs is 1. The van der Waals surface area contributed by atoms with Gasteiger partial charge in [-0.25, -0.2) is 0 Å². The average molecular weight is 271 g/mol. The first-order chi connectivity index (χ1) is 9.54. The minimum absolute atomic E-state index is 0.146. The molecule has 3 N–H and O–H groups in total. The van der Waals surface area contributed by atoms with Crippen molar-refractivity contribution in [1.82, 2.24) is 9.78 Å². The second-order valence-electron chi connectivity index (χ2n) is 5.12. The van der Waals surface area contributed by atoms with Gasteiger partial charge in [-0.2, -0.15) is 5.10 Å². The van der Waals surface area contributed by atoms with E-state index in [-0.39, 0.29) is 5.91 Å². The molecule has 1 aliphatic rings. The topological polar surface area (TPSA) is 76.2 Å². The number of nitrogens with two attached hydrogens (primary N) is 1. The second kappa shape index (κ2) is 4.64. The van der Waals surface area contributed by atoms with E-state index < -0.39 is 6.04 Å². The molecule has 1 aliphatic heterocycles. The molecule has 1 atom stereocenters. The molecule has 0 radical (unpaired) electrons. The van der Waals surface area contributed by atoms with Crippen LogP contribution in [0.1, 0.15) is 17.2 Å². The molecule has 104 valence electrons. The van der Waals surface area contributed by atoms with E-state index in [1.165, 1.54) is 0 Å². The van der Waals surface area contributed by atoms with Crippen LogP contribution in [0.15, 0.2) is 30.6 Å². The number of aromatic nitrogens is 2. The molecule has 0 saturated heterocycles. The molecule has 2 heterocycles. The van der Waals surface area contributed by atoms with Crippen molar-refractivity contribution in [2.45, 2.75) is 12.6 Å². The SMILES string of the molecule is CN(Cc1cnn(C)c1)c1ccc2c(c1)NC(=O)C2N. The zero-order chi connectivity index (χ0) is 14.3. The summed E-state index contributed by atoms with van der Waals surface area (Å²) in [7, 11) is 3.90. The lowest BCUT2D eigenvalue weighted by atomic mass is 10.1. The van der Waals surface area contributed by atoms with Crippen LogP contribution in [-0.4, -0.2) is 22.7 Å². The average Bonchev–Trinajstić information content (AvgIpc) is 2.94. The van der Waals surface area contributed by atoms with Crippen LogP contribution in [0.25, 0.3) is 0 Å². The molecule has 0 aliphatic carbocycles. The Morgan fingerprint density at radius 2 is 2.30 bits per heavy atom. The van der Waals surface area contributed by atoms with E-state index in [0.29, 0.717) is 0 Å². The number of carbonyl (C=O) groups excluding carboxylic acids is 1. The maximum Gasteiger partial charge on any atom is 0.245 e. The van der Waals surface area contributed by atoms with Crippen LogP contribution in [0.4, 0.5) is 11.4 Å². The standard InChI is InChI=1S/C14H17N5O/c1-18(7-9-6-16-19(2)8-9)10-3-4-11-12(5-10)17-14(20)13(11)15/h3-6,8,13H,7,15H2,1-2H3,(H,17,20). The number of amides is 1. The van der Waals surface area contributed by atoms with Crippen molar-refractivity contribution in [2.24, 2.45) is 12.8 Å². The first-order valence-electron chi connectivity index (χ1n) is 6.43. The predicted octanol–water partition coefficient (Wildman–Crippen LogP) is 1.01. The summed E-state index contributed by atoms with van der Waals surface area (Å²) in [5, 5.41) is 6.96. The van der Waals surface area contributed by atoms with Crippen molar-refractivity contribution in [2.75, 3.05) is 17.3 Å². The lowest BCUT2D eigenvalue weighted by Crippen LogP contribution is -2.19. The van der Waals surface area contributed by atoms with Crippen LogP contribution in [0, 0.1) is 0 Å². The number of anilines is 2. The molecule has 6 nitrogen and oxygen atoms in total. The van der Waals surface area contributed by atoms with E-state index in [2.05, 4.69) is 15.3 Å². The Kier molecular flexibility index (Phi) is 2.94. The number of hydrogen-bond acceptors (Lipinski definition) is 4. The van der Waals surface area contributed by atoms with Gasteiger partial charge in [-0.15, -0.1) is 0 Å². The zero-order valence-electron chi connectivity index (χ0n) is 11.5. The first kappa shape index (κ1) is 12.7. The molecule has 1 aromatic heterocycles. The van der Waals surface area contributed by atoms with Crippen LogP contribution >= 0.6 is 0 Å². The Morgan fingerprint density at radius 3 is 3.00 bits per heavy atom. The molecule has 1 unspecified atom stereocenters. The first-order valence-corrected chi connectivity index (χ1v) is 6.43. The van der Waals surface area contributed by atoms with E-state index in [9.17, 15) is 4.79 Å². The Balaban J connectivity index is 1.81. The van der Waals surface area contributed by atoms with Gasteiger partial charge < -0.3 is 16.0 Å². The Bertz CT molecular complexity index is 663. The molecule has 3 rings (SSSR count). The molecule has 0 fully saturated rings. The number of benzene rings is 1. The van der Waals surface area contributed by atoms with E-state index in [0.717, 1.165) is 29.0 Å². The summed E-state index contributed by atoms with van der Waals surface area (Å²) >= 11 is 0. The highest BCUT2D eigenvalue weighted by Crippen LogP contribution is 2.32. The summed E-state index contributed by atoms with van der Waals surface area (Å²) in [6.07, 6.45) is 3.84. The molecule has 1 aromatic carbocycles. The molecule has 6 heteroatoms. The normalized spacial score (nSPS) is 16.9. The summed E-state index contributed by atoms with van der Waals surface area (Å²) in [5.74, 6) is -0.146. The largest absolute Gasteiger partial charge is 0.370 e. The Morgan fingerprint density at radius 1 is 1.50 bits per heavy atom. The molecule has 0 spiro atoms. The fraction of sp³-hybridized carbons (Fsp3) is 0.286. The van der Waals surface area contributed by atoms with E-state index in [1.54, 1.807) is 4.68 Å². The second-order valence-corrected chi connectivity index (χ2v) is 5.12. The van der Waals surface area contributed by atoms with Crippen LogP contribution in [0.3, 0.4) is 0 Å². The third-order valence-electron chi connectivity index (χ3n) is 3.53. The molecular formula is C14H17N5O. The van der Waals surface area contributed by atoms with Crippen LogP contribution in [0.5, 0.6) is 0 Å². The lowest BCUT2D eigenvalue weighted by molar-refractivity contribution is -0.116. The van der Waals surface area contributed by atoms with Gasteiger partial charge in [0, 0.05) is 49.3 Å². The maximum atomic E-state index is 11.5. The van der Waals surface area contributed by atoms with Crippen LogP contribution < -0.4 is 16.0 Å². The van der Waals surface area contributed by atoms with E-state index in [4.69, 9.17) is 5.73 Å². The van der Waals surface area contributed by atoms with Gasteiger partial charge in [0.1, 0.15) is 6.04 Å². The van der Waals surface area contributed by atoms with Crippen molar-refractivity contribution in [1.29, 1.82) is 0 Å². The monoisotopic (exact) mass is 271 g/mol. The minimum atomic E-state index is -0.553. The fourth-order valence-electron chi connectivity index (χ4n) is 2.43. The molecule has 20 heavy (non-hydrogen) atoms. The number of hydrogen-bond donors (Lipinski definition) is 2. The molecule has 0 bridgehead atoms. The third-order valence-corrected chi connectivity index (χ3v) is 3.53. The predicted molar refractivity (Wildman–Crippen MR) is 77.3 cm³/mol. The fourth-order valence-corrected chi connectivity index (χ4v) is 2.43. The van der Waals surface area contributed by atoms with E-state index in [1.807, 2.05) is 44.7 Å². The van der Waals surface area contributed by atoms with Crippen molar-refractivity contribution in [3.8, 4) is 0 Å². The summed E-state index contributed by atoms with van der Waals surface area (Å²) in [6, 6.07) is 5.29. The number of aryl methyl sites for hydroxylation is 1. The highest BCUT2D eigenvalue weighted by Gasteiger charge is 2.27. The Labute approximate surface area is 117 Å². The van der Waals surface area contributed by atoms with Gasteiger partial charge in [0.05, 0.1) is 6.20 Å².